The number of benzene rings is 1. The second-order valence-electron chi connectivity index (χ2n) is 3.51. The molecular formula is C12H12BrNS. The van der Waals surface area contributed by atoms with Crippen molar-refractivity contribution >= 4 is 27.3 Å². The van der Waals surface area contributed by atoms with E-state index >= 15 is 0 Å². The number of hydrogen-bond donors (Lipinski definition) is 1. The minimum Gasteiger partial charge on any atom is -0.320 e. The average Bonchev–Trinajstić information content (AvgIpc) is 2.74. The molecule has 15 heavy (non-hydrogen) atoms. The maximum absolute atomic E-state index is 6.21. The Balaban J connectivity index is 2.42. The molecule has 78 valence electrons. The third-order valence-corrected chi connectivity index (χ3v) is 4.24. The lowest BCUT2D eigenvalue weighted by atomic mass is 10.0. The number of nitrogens with two attached hydrogens (primary N) is 1. The van der Waals surface area contributed by atoms with Crippen LogP contribution in [0, 0.1) is 6.92 Å². The summed E-state index contributed by atoms with van der Waals surface area (Å²) in [7, 11) is 0. The average molecular weight is 282 g/mol. The molecule has 0 saturated heterocycles. The van der Waals surface area contributed by atoms with Gasteiger partial charge in [0.2, 0.25) is 0 Å². The molecule has 3 heteroatoms. The van der Waals surface area contributed by atoms with Crippen molar-refractivity contribution in [1.29, 1.82) is 0 Å². The molecule has 0 aliphatic rings. The smallest absolute Gasteiger partial charge is 0.0571 e. The van der Waals surface area contributed by atoms with Crippen LogP contribution >= 0.6 is 27.3 Å². The predicted molar refractivity (Wildman–Crippen MR) is 69.2 cm³/mol. The first kappa shape index (κ1) is 10.9. The van der Waals surface area contributed by atoms with Gasteiger partial charge >= 0.3 is 0 Å². The number of rotatable bonds is 2. The fraction of sp³-hybridized carbons (Fsp3) is 0.167. The Hall–Kier alpha value is -0.640. The first-order chi connectivity index (χ1) is 7.20. The second kappa shape index (κ2) is 4.47. The topological polar surface area (TPSA) is 26.0 Å². The minimum atomic E-state index is -0.0366. The van der Waals surface area contributed by atoms with Crippen LogP contribution in [0.1, 0.15) is 22.7 Å². The molecule has 1 unspecified atom stereocenters. The molecule has 0 fully saturated rings. The van der Waals surface area contributed by atoms with Crippen molar-refractivity contribution in [2.75, 3.05) is 0 Å². The molecule has 1 aromatic heterocycles. The maximum atomic E-state index is 6.21. The summed E-state index contributed by atoms with van der Waals surface area (Å²) in [5.74, 6) is 0. The Morgan fingerprint density at radius 2 is 2.13 bits per heavy atom. The van der Waals surface area contributed by atoms with Gasteiger partial charge in [-0.2, -0.15) is 11.3 Å². The Bertz CT molecular complexity index is 451. The van der Waals surface area contributed by atoms with E-state index in [1.54, 1.807) is 11.3 Å². The maximum Gasteiger partial charge on any atom is 0.0571 e. The standard InChI is InChI=1S/C12H12BrNS/c1-8-3-2-4-10(11(8)13)12(14)9-5-6-15-7-9/h2-7,12H,14H2,1H3. The van der Waals surface area contributed by atoms with Gasteiger partial charge in [0.15, 0.2) is 0 Å². The van der Waals surface area contributed by atoms with E-state index in [2.05, 4.69) is 51.8 Å². The van der Waals surface area contributed by atoms with E-state index in [1.807, 2.05) is 6.07 Å². The lowest BCUT2D eigenvalue weighted by Crippen LogP contribution is -2.11. The summed E-state index contributed by atoms with van der Waals surface area (Å²) in [5.41, 5.74) is 9.75. The van der Waals surface area contributed by atoms with Crippen LogP contribution in [0.3, 0.4) is 0 Å². The summed E-state index contributed by atoms with van der Waals surface area (Å²) in [5, 5.41) is 4.15. The highest BCUT2D eigenvalue weighted by atomic mass is 79.9. The van der Waals surface area contributed by atoms with Crippen molar-refractivity contribution in [3.8, 4) is 0 Å². The molecule has 0 amide bonds. The molecule has 2 aromatic rings. The highest BCUT2D eigenvalue weighted by Gasteiger charge is 2.13. The number of aryl methyl sites for hydroxylation is 1. The van der Waals surface area contributed by atoms with E-state index in [-0.39, 0.29) is 6.04 Å². The van der Waals surface area contributed by atoms with Crippen molar-refractivity contribution in [3.05, 3.63) is 56.2 Å². The molecule has 0 saturated carbocycles. The monoisotopic (exact) mass is 281 g/mol. The summed E-state index contributed by atoms with van der Waals surface area (Å²) < 4.78 is 1.11. The van der Waals surface area contributed by atoms with Gasteiger partial charge in [0, 0.05) is 4.47 Å². The van der Waals surface area contributed by atoms with Gasteiger partial charge in [0.05, 0.1) is 6.04 Å². The van der Waals surface area contributed by atoms with Crippen LogP contribution in [0.5, 0.6) is 0 Å². The van der Waals surface area contributed by atoms with Crippen molar-refractivity contribution in [1.82, 2.24) is 0 Å². The van der Waals surface area contributed by atoms with Gasteiger partial charge in [0.25, 0.3) is 0 Å². The van der Waals surface area contributed by atoms with Gasteiger partial charge in [-0.3, -0.25) is 0 Å². The molecule has 1 nitrogen and oxygen atoms in total. The molecule has 0 spiro atoms. The molecule has 1 heterocycles. The van der Waals surface area contributed by atoms with Gasteiger partial charge in [-0.1, -0.05) is 34.1 Å². The zero-order chi connectivity index (χ0) is 10.8. The highest BCUT2D eigenvalue weighted by molar-refractivity contribution is 9.10. The lowest BCUT2D eigenvalue weighted by molar-refractivity contribution is 0.869. The molecule has 2 rings (SSSR count). The molecule has 0 aliphatic heterocycles. The van der Waals surface area contributed by atoms with E-state index in [0.717, 1.165) is 10.0 Å². The van der Waals surface area contributed by atoms with Crippen LogP contribution in [0.4, 0.5) is 0 Å². The third kappa shape index (κ3) is 2.14. The van der Waals surface area contributed by atoms with E-state index in [9.17, 15) is 0 Å². The predicted octanol–water partition coefficient (Wildman–Crippen LogP) is 3.87. The van der Waals surface area contributed by atoms with Crippen LogP contribution in [0.2, 0.25) is 0 Å². The molecule has 0 bridgehead atoms. The summed E-state index contributed by atoms with van der Waals surface area (Å²) in [6.45, 7) is 2.08. The summed E-state index contributed by atoms with van der Waals surface area (Å²) in [6.07, 6.45) is 0. The number of halogens is 1. The van der Waals surface area contributed by atoms with E-state index in [4.69, 9.17) is 5.73 Å². The Morgan fingerprint density at radius 1 is 1.33 bits per heavy atom. The molecule has 0 radical (unpaired) electrons. The highest BCUT2D eigenvalue weighted by Crippen LogP contribution is 2.29. The zero-order valence-electron chi connectivity index (χ0n) is 8.41. The van der Waals surface area contributed by atoms with E-state index < -0.39 is 0 Å². The molecule has 2 N–H and O–H groups in total. The largest absolute Gasteiger partial charge is 0.320 e. The van der Waals surface area contributed by atoms with Crippen LogP contribution < -0.4 is 5.73 Å². The Labute approximate surface area is 102 Å². The van der Waals surface area contributed by atoms with Crippen molar-refractivity contribution < 1.29 is 0 Å². The second-order valence-corrected chi connectivity index (χ2v) is 5.09. The van der Waals surface area contributed by atoms with Gasteiger partial charge in [-0.15, -0.1) is 0 Å². The molecule has 0 aliphatic carbocycles. The fourth-order valence-electron chi connectivity index (χ4n) is 1.54. The van der Waals surface area contributed by atoms with E-state index in [0.29, 0.717) is 0 Å². The number of thiophene rings is 1. The quantitative estimate of drug-likeness (QED) is 0.889. The van der Waals surface area contributed by atoms with Crippen LogP contribution in [-0.4, -0.2) is 0 Å². The lowest BCUT2D eigenvalue weighted by Gasteiger charge is -2.13. The van der Waals surface area contributed by atoms with Gasteiger partial charge in [0.1, 0.15) is 0 Å². The SMILES string of the molecule is Cc1cccc(C(N)c2ccsc2)c1Br. The Kier molecular flexibility index (Phi) is 3.24. The van der Waals surface area contributed by atoms with Gasteiger partial charge in [-0.05, 0) is 40.4 Å². The van der Waals surface area contributed by atoms with Crippen molar-refractivity contribution in [2.45, 2.75) is 13.0 Å². The van der Waals surface area contributed by atoms with E-state index in [1.165, 1.54) is 11.1 Å². The zero-order valence-corrected chi connectivity index (χ0v) is 10.8. The van der Waals surface area contributed by atoms with Crippen LogP contribution in [0.15, 0.2) is 39.5 Å². The molecular weight excluding hydrogens is 270 g/mol. The molecule has 1 aromatic carbocycles. The Morgan fingerprint density at radius 3 is 2.80 bits per heavy atom. The first-order valence-electron chi connectivity index (χ1n) is 4.73. The summed E-state index contributed by atoms with van der Waals surface area (Å²) in [4.78, 5) is 0. The fourth-order valence-corrected chi connectivity index (χ4v) is 2.75. The summed E-state index contributed by atoms with van der Waals surface area (Å²) >= 11 is 5.27. The summed E-state index contributed by atoms with van der Waals surface area (Å²) in [6, 6.07) is 8.23. The first-order valence-corrected chi connectivity index (χ1v) is 6.46. The van der Waals surface area contributed by atoms with Crippen LogP contribution in [0.25, 0.3) is 0 Å². The van der Waals surface area contributed by atoms with Crippen LogP contribution in [-0.2, 0) is 0 Å². The molecule has 1 atom stereocenters. The third-order valence-electron chi connectivity index (χ3n) is 2.46. The van der Waals surface area contributed by atoms with Gasteiger partial charge < -0.3 is 5.73 Å². The van der Waals surface area contributed by atoms with Crippen molar-refractivity contribution in [3.63, 3.8) is 0 Å². The number of hydrogen-bond acceptors (Lipinski definition) is 2. The van der Waals surface area contributed by atoms with Crippen molar-refractivity contribution in [2.24, 2.45) is 5.73 Å². The minimum absolute atomic E-state index is 0.0366. The normalized spacial score (nSPS) is 12.7. The van der Waals surface area contributed by atoms with Gasteiger partial charge in [-0.25, -0.2) is 0 Å².